The van der Waals surface area contributed by atoms with Crippen LogP contribution in [0, 0.1) is 17.1 Å². The maximum absolute atomic E-state index is 14.2. The van der Waals surface area contributed by atoms with E-state index >= 15 is 0 Å². The molecule has 1 unspecified atom stereocenters. The molecule has 0 radical (unpaired) electrons. The summed E-state index contributed by atoms with van der Waals surface area (Å²) in [5.41, 5.74) is 4.71. The molecule has 0 aliphatic carbocycles. The van der Waals surface area contributed by atoms with E-state index in [0.29, 0.717) is 18.0 Å². The fraction of sp³-hybridized carbons (Fsp3) is 0.355. The van der Waals surface area contributed by atoms with Crippen LogP contribution in [0.1, 0.15) is 63.6 Å². The SMILES string of the molecule is N#Cc1ccc(COc2cccc(C3CCN(Cc4nn5ccc(C(=O)O)cc5c4CC4CCO4)CC3)n2)c(F)c1. The predicted molar refractivity (Wildman–Crippen MR) is 147 cm³/mol. The van der Waals surface area contributed by atoms with Crippen LogP contribution in [0.25, 0.3) is 5.52 Å². The van der Waals surface area contributed by atoms with Crippen molar-refractivity contribution in [3.63, 3.8) is 0 Å². The Kier molecular flexibility index (Phi) is 7.63. The number of hydrogen-bond donors (Lipinski definition) is 1. The average molecular weight is 556 g/mol. The zero-order valence-electron chi connectivity index (χ0n) is 22.5. The maximum Gasteiger partial charge on any atom is 0.335 e. The number of hydrogen-bond acceptors (Lipinski definition) is 7. The maximum atomic E-state index is 14.2. The van der Waals surface area contributed by atoms with Gasteiger partial charge >= 0.3 is 5.97 Å². The molecule has 2 aliphatic heterocycles. The molecule has 1 atom stereocenters. The first-order chi connectivity index (χ1) is 20.0. The number of ether oxygens (including phenoxy) is 2. The van der Waals surface area contributed by atoms with E-state index in [1.165, 1.54) is 6.07 Å². The van der Waals surface area contributed by atoms with Crippen molar-refractivity contribution >= 4 is 11.5 Å². The molecule has 2 fully saturated rings. The van der Waals surface area contributed by atoms with E-state index in [1.807, 2.05) is 18.2 Å². The Balaban J connectivity index is 1.10. The number of aromatic carboxylic acids is 1. The van der Waals surface area contributed by atoms with Crippen LogP contribution in [-0.2, 0) is 24.3 Å². The van der Waals surface area contributed by atoms with Gasteiger partial charge in [-0.15, -0.1) is 0 Å². The van der Waals surface area contributed by atoms with Crippen LogP contribution < -0.4 is 4.74 Å². The van der Waals surface area contributed by atoms with Crippen molar-refractivity contribution in [1.82, 2.24) is 19.5 Å². The lowest BCUT2D eigenvalue weighted by molar-refractivity contribution is -0.0491. The van der Waals surface area contributed by atoms with Crippen LogP contribution in [0.15, 0.2) is 54.7 Å². The number of pyridine rings is 2. The highest BCUT2D eigenvalue weighted by molar-refractivity contribution is 5.89. The molecular weight excluding hydrogens is 525 g/mol. The summed E-state index contributed by atoms with van der Waals surface area (Å²) in [4.78, 5) is 18.7. The van der Waals surface area contributed by atoms with E-state index in [0.717, 1.165) is 67.8 Å². The van der Waals surface area contributed by atoms with E-state index in [-0.39, 0.29) is 29.8 Å². The summed E-state index contributed by atoms with van der Waals surface area (Å²) >= 11 is 0. The first-order valence-corrected chi connectivity index (χ1v) is 13.8. The summed E-state index contributed by atoms with van der Waals surface area (Å²) in [6.45, 7) is 3.24. The molecule has 4 aromatic rings. The van der Waals surface area contributed by atoms with E-state index in [9.17, 15) is 14.3 Å². The molecule has 10 heteroatoms. The topological polar surface area (TPSA) is 113 Å². The highest BCUT2D eigenvalue weighted by Gasteiger charge is 2.27. The molecule has 9 nitrogen and oxygen atoms in total. The van der Waals surface area contributed by atoms with Gasteiger partial charge in [0.05, 0.1) is 34.5 Å². The van der Waals surface area contributed by atoms with Crippen molar-refractivity contribution in [3.8, 4) is 11.9 Å². The van der Waals surface area contributed by atoms with Crippen LogP contribution in [0.3, 0.4) is 0 Å². The Labute approximate surface area is 236 Å². The lowest BCUT2D eigenvalue weighted by Gasteiger charge is -2.32. The number of halogens is 1. The van der Waals surface area contributed by atoms with Crippen LogP contribution in [-0.4, -0.2) is 56.4 Å². The summed E-state index contributed by atoms with van der Waals surface area (Å²) in [7, 11) is 0. The van der Waals surface area contributed by atoms with Crippen molar-refractivity contribution in [3.05, 3.63) is 94.2 Å². The van der Waals surface area contributed by atoms with Crippen LogP contribution in [0.4, 0.5) is 4.39 Å². The fourth-order valence-electron chi connectivity index (χ4n) is 5.52. The number of rotatable bonds is 9. The third-order valence-corrected chi connectivity index (χ3v) is 7.97. The van der Waals surface area contributed by atoms with E-state index in [1.54, 1.807) is 41.0 Å². The molecule has 3 aromatic heterocycles. The number of nitriles is 1. The van der Waals surface area contributed by atoms with Crippen molar-refractivity contribution in [2.24, 2.45) is 0 Å². The van der Waals surface area contributed by atoms with Gasteiger partial charge in [-0.05, 0) is 62.7 Å². The first-order valence-electron chi connectivity index (χ1n) is 13.8. The molecule has 0 amide bonds. The van der Waals surface area contributed by atoms with Crippen molar-refractivity contribution < 1.29 is 23.8 Å². The number of carbonyl (C=O) groups is 1. The minimum Gasteiger partial charge on any atom is -0.478 e. The summed E-state index contributed by atoms with van der Waals surface area (Å²) in [5, 5.41) is 23.2. The van der Waals surface area contributed by atoms with E-state index < -0.39 is 11.8 Å². The first kappa shape index (κ1) is 26.9. The lowest BCUT2D eigenvalue weighted by Crippen LogP contribution is -2.33. The smallest absolute Gasteiger partial charge is 0.335 e. The molecule has 0 bridgehead atoms. The van der Waals surface area contributed by atoms with Gasteiger partial charge < -0.3 is 14.6 Å². The number of aromatic nitrogens is 3. The van der Waals surface area contributed by atoms with Gasteiger partial charge in [-0.2, -0.15) is 10.4 Å². The van der Waals surface area contributed by atoms with Gasteiger partial charge in [0.15, 0.2) is 0 Å². The molecule has 2 saturated heterocycles. The second kappa shape index (κ2) is 11.6. The zero-order chi connectivity index (χ0) is 28.3. The molecule has 210 valence electrons. The predicted octanol–water partition coefficient (Wildman–Crippen LogP) is 4.73. The Hall–Kier alpha value is -4.33. The third-order valence-electron chi connectivity index (χ3n) is 7.97. The number of benzene rings is 1. The van der Waals surface area contributed by atoms with Gasteiger partial charge in [-0.3, -0.25) is 4.90 Å². The summed E-state index contributed by atoms with van der Waals surface area (Å²) in [6.07, 6.45) is 5.45. The Morgan fingerprint density at radius 3 is 2.71 bits per heavy atom. The number of fused-ring (bicyclic) bond motifs is 1. The largest absolute Gasteiger partial charge is 0.478 e. The Morgan fingerprint density at radius 1 is 1.17 bits per heavy atom. The van der Waals surface area contributed by atoms with Crippen molar-refractivity contribution in [2.75, 3.05) is 19.7 Å². The minimum atomic E-state index is -0.951. The average Bonchev–Trinajstić information content (AvgIpc) is 3.30. The van der Waals surface area contributed by atoms with Gasteiger partial charge in [0, 0.05) is 54.6 Å². The van der Waals surface area contributed by atoms with Crippen molar-refractivity contribution in [1.29, 1.82) is 5.26 Å². The van der Waals surface area contributed by atoms with Gasteiger partial charge in [0.25, 0.3) is 0 Å². The highest BCUT2D eigenvalue weighted by atomic mass is 19.1. The number of piperidine rings is 1. The second-order valence-electron chi connectivity index (χ2n) is 10.6. The van der Waals surface area contributed by atoms with Gasteiger partial charge in [-0.25, -0.2) is 18.7 Å². The fourth-order valence-corrected chi connectivity index (χ4v) is 5.52. The number of nitrogens with zero attached hydrogens (tertiary/aromatic N) is 5. The number of carboxylic acids is 1. The second-order valence-corrected chi connectivity index (χ2v) is 10.6. The lowest BCUT2D eigenvalue weighted by atomic mass is 9.92. The van der Waals surface area contributed by atoms with Gasteiger partial charge in [0.2, 0.25) is 5.88 Å². The van der Waals surface area contributed by atoms with Crippen LogP contribution in [0.2, 0.25) is 0 Å². The standard InChI is InChI=1S/C31H30FN5O4/c32-26-14-20(17-33)4-5-23(26)19-41-30-3-1-2-27(34-30)21-6-10-36(11-7-21)18-28-25(16-24-9-13-40-24)29-15-22(31(38)39)8-12-37(29)35-28/h1-5,8,12,14-15,21,24H,6-7,9-11,13,16,18-19H2,(H,38,39). The van der Waals surface area contributed by atoms with Crippen LogP contribution in [0.5, 0.6) is 5.88 Å². The molecular formula is C31H30FN5O4. The zero-order valence-corrected chi connectivity index (χ0v) is 22.5. The normalized spacial score (nSPS) is 17.7. The number of likely N-dealkylation sites (tertiary alicyclic amines) is 1. The molecule has 2 aliphatic rings. The van der Waals surface area contributed by atoms with Gasteiger partial charge in [0.1, 0.15) is 12.4 Å². The van der Waals surface area contributed by atoms with Crippen molar-refractivity contribution in [2.45, 2.75) is 50.9 Å². The summed E-state index contributed by atoms with van der Waals surface area (Å²) < 4.78 is 27.5. The van der Waals surface area contributed by atoms with E-state index in [4.69, 9.17) is 24.8 Å². The molecule has 0 saturated carbocycles. The summed E-state index contributed by atoms with van der Waals surface area (Å²) in [6, 6.07) is 15.2. The molecule has 5 heterocycles. The molecule has 6 rings (SSSR count). The Morgan fingerprint density at radius 2 is 2.00 bits per heavy atom. The molecule has 1 N–H and O–H groups in total. The quantitative estimate of drug-likeness (QED) is 0.316. The van der Waals surface area contributed by atoms with Gasteiger partial charge in [-0.1, -0.05) is 12.1 Å². The Bertz CT molecular complexity index is 1620. The van der Waals surface area contributed by atoms with Crippen LogP contribution >= 0.6 is 0 Å². The minimum absolute atomic E-state index is 0.0354. The monoisotopic (exact) mass is 555 g/mol. The molecule has 1 aromatic carbocycles. The number of carboxylic acid groups (broad SMARTS) is 1. The third kappa shape index (κ3) is 5.92. The van der Waals surface area contributed by atoms with E-state index in [2.05, 4.69) is 4.90 Å². The highest BCUT2D eigenvalue weighted by Crippen LogP contribution is 2.30. The molecule has 0 spiro atoms. The molecule has 41 heavy (non-hydrogen) atoms. The summed E-state index contributed by atoms with van der Waals surface area (Å²) in [5.74, 6) is -0.693.